The minimum Gasteiger partial charge on any atom is -0.480 e. The molecule has 1 rings (SSSR count). The zero-order valence-corrected chi connectivity index (χ0v) is 11.6. The van der Waals surface area contributed by atoms with Crippen LogP contribution in [0.3, 0.4) is 0 Å². The van der Waals surface area contributed by atoms with Gasteiger partial charge in [-0.1, -0.05) is 13.3 Å². The molecule has 0 bridgehead atoms. The highest BCUT2D eigenvalue weighted by Crippen LogP contribution is 2.18. The molecule has 2 atom stereocenters. The number of sulfone groups is 1. The standard InChI is InChI=1S/C9H17NO6S2/c1-2-3-8(9(11)12)10-18(15,16)7-4-5-17(13,14)6-7/h7-8,10H,2-6H2,1H3,(H,11,12)/t7?,8-/m1/s1. The summed E-state index contributed by atoms with van der Waals surface area (Å²) < 4.78 is 48.3. The van der Waals surface area contributed by atoms with E-state index in [9.17, 15) is 21.6 Å². The van der Waals surface area contributed by atoms with E-state index in [4.69, 9.17) is 5.11 Å². The molecule has 0 saturated carbocycles. The Labute approximate surface area is 107 Å². The Kier molecular flexibility index (Phi) is 4.73. The first-order valence-corrected chi connectivity index (χ1v) is 8.99. The Morgan fingerprint density at radius 1 is 1.50 bits per heavy atom. The molecule has 0 aromatic heterocycles. The molecule has 0 aromatic rings. The lowest BCUT2D eigenvalue weighted by molar-refractivity contribution is -0.139. The summed E-state index contributed by atoms with van der Waals surface area (Å²) in [4.78, 5) is 10.9. The van der Waals surface area contributed by atoms with Gasteiger partial charge in [-0.15, -0.1) is 0 Å². The first-order chi connectivity index (χ1) is 8.18. The van der Waals surface area contributed by atoms with Crippen molar-refractivity contribution in [2.24, 2.45) is 0 Å². The van der Waals surface area contributed by atoms with Crippen molar-refractivity contribution in [3.05, 3.63) is 0 Å². The molecule has 18 heavy (non-hydrogen) atoms. The molecule has 1 heterocycles. The quantitative estimate of drug-likeness (QED) is 0.672. The van der Waals surface area contributed by atoms with Crippen molar-refractivity contribution in [2.75, 3.05) is 11.5 Å². The summed E-state index contributed by atoms with van der Waals surface area (Å²) in [5, 5.41) is 7.83. The molecule has 1 fully saturated rings. The van der Waals surface area contributed by atoms with Crippen LogP contribution < -0.4 is 4.72 Å². The van der Waals surface area contributed by atoms with Crippen molar-refractivity contribution < 1.29 is 26.7 Å². The summed E-state index contributed by atoms with van der Waals surface area (Å²) in [6.45, 7) is 1.74. The molecule has 0 amide bonds. The van der Waals surface area contributed by atoms with Gasteiger partial charge in [-0.2, -0.15) is 0 Å². The van der Waals surface area contributed by atoms with Crippen LogP contribution in [-0.2, 0) is 24.7 Å². The fourth-order valence-corrected chi connectivity index (χ4v) is 6.09. The molecule has 2 N–H and O–H groups in total. The van der Waals surface area contributed by atoms with Crippen LogP contribution >= 0.6 is 0 Å². The third-order valence-corrected chi connectivity index (χ3v) is 6.68. The minimum atomic E-state index is -3.91. The zero-order chi connectivity index (χ0) is 14.0. The van der Waals surface area contributed by atoms with Crippen LogP contribution in [0.2, 0.25) is 0 Å². The maximum absolute atomic E-state index is 11.9. The number of carboxylic acids is 1. The molecule has 1 aliphatic rings. The Morgan fingerprint density at radius 3 is 2.50 bits per heavy atom. The second-order valence-corrected chi connectivity index (χ2v) is 8.59. The van der Waals surface area contributed by atoms with Crippen LogP contribution in [0.1, 0.15) is 26.2 Å². The first kappa shape index (κ1) is 15.4. The predicted octanol–water partition coefficient (Wildman–Crippen LogP) is -0.654. The number of carboxylic acid groups (broad SMARTS) is 1. The molecule has 0 aromatic carbocycles. The molecule has 106 valence electrons. The van der Waals surface area contributed by atoms with E-state index in [2.05, 4.69) is 4.72 Å². The van der Waals surface area contributed by atoms with Gasteiger partial charge in [-0.25, -0.2) is 21.6 Å². The second kappa shape index (κ2) is 5.54. The monoisotopic (exact) mass is 299 g/mol. The van der Waals surface area contributed by atoms with E-state index in [1.165, 1.54) is 0 Å². The van der Waals surface area contributed by atoms with Crippen molar-refractivity contribution in [1.29, 1.82) is 0 Å². The van der Waals surface area contributed by atoms with Crippen LogP contribution in [0.25, 0.3) is 0 Å². The zero-order valence-electron chi connectivity index (χ0n) is 10.00. The number of rotatable bonds is 6. The molecule has 7 nitrogen and oxygen atoms in total. The number of carbonyl (C=O) groups is 1. The SMILES string of the molecule is CCC[C@@H](NS(=O)(=O)C1CCS(=O)(=O)C1)C(=O)O. The summed E-state index contributed by atoms with van der Waals surface area (Å²) >= 11 is 0. The topological polar surface area (TPSA) is 118 Å². The average Bonchev–Trinajstić information content (AvgIpc) is 2.58. The van der Waals surface area contributed by atoms with Crippen LogP contribution in [0.5, 0.6) is 0 Å². The van der Waals surface area contributed by atoms with Gasteiger partial charge in [-0.3, -0.25) is 4.79 Å². The van der Waals surface area contributed by atoms with E-state index >= 15 is 0 Å². The van der Waals surface area contributed by atoms with Gasteiger partial charge in [0.25, 0.3) is 0 Å². The van der Waals surface area contributed by atoms with Crippen molar-refractivity contribution in [3.63, 3.8) is 0 Å². The number of hydrogen-bond donors (Lipinski definition) is 2. The van der Waals surface area contributed by atoms with E-state index in [0.717, 1.165) is 0 Å². The predicted molar refractivity (Wildman–Crippen MR) is 65.4 cm³/mol. The third kappa shape index (κ3) is 3.92. The lowest BCUT2D eigenvalue weighted by Crippen LogP contribution is -2.45. The van der Waals surface area contributed by atoms with Gasteiger partial charge in [0.15, 0.2) is 9.84 Å². The summed E-state index contributed by atoms with van der Waals surface area (Å²) in [5.74, 6) is -1.84. The van der Waals surface area contributed by atoms with Gasteiger partial charge in [-0.05, 0) is 12.8 Å². The van der Waals surface area contributed by atoms with Gasteiger partial charge in [0.2, 0.25) is 10.0 Å². The van der Waals surface area contributed by atoms with Crippen LogP contribution in [-0.4, -0.2) is 50.7 Å². The maximum Gasteiger partial charge on any atom is 0.321 e. The van der Waals surface area contributed by atoms with Crippen LogP contribution in [0.4, 0.5) is 0 Å². The number of aliphatic carboxylic acids is 1. The summed E-state index contributed by atoms with van der Waals surface area (Å²) in [6.07, 6.45) is 0.715. The highest BCUT2D eigenvalue weighted by atomic mass is 32.2. The molecule has 0 spiro atoms. The summed E-state index contributed by atoms with van der Waals surface area (Å²) in [6, 6.07) is -1.19. The molecule has 9 heteroatoms. The van der Waals surface area contributed by atoms with E-state index in [1.807, 2.05) is 0 Å². The Morgan fingerprint density at radius 2 is 2.11 bits per heavy atom. The van der Waals surface area contributed by atoms with Crippen LogP contribution in [0.15, 0.2) is 0 Å². The molecular formula is C9H17NO6S2. The van der Waals surface area contributed by atoms with Gasteiger partial charge in [0, 0.05) is 0 Å². The van der Waals surface area contributed by atoms with Crippen molar-refractivity contribution >= 4 is 25.8 Å². The highest BCUT2D eigenvalue weighted by Gasteiger charge is 2.38. The average molecular weight is 299 g/mol. The van der Waals surface area contributed by atoms with Gasteiger partial charge in [0.05, 0.1) is 16.8 Å². The fourth-order valence-electron chi connectivity index (χ4n) is 1.82. The molecule has 1 saturated heterocycles. The van der Waals surface area contributed by atoms with Crippen molar-refractivity contribution in [1.82, 2.24) is 4.72 Å². The largest absolute Gasteiger partial charge is 0.480 e. The minimum absolute atomic E-state index is 0.0239. The smallest absolute Gasteiger partial charge is 0.321 e. The number of hydrogen-bond acceptors (Lipinski definition) is 5. The second-order valence-electron chi connectivity index (χ2n) is 4.37. The number of sulfonamides is 1. The Balaban J connectivity index is 2.78. The molecule has 1 aliphatic heterocycles. The fraction of sp³-hybridized carbons (Fsp3) is 0.889. The van der Waals surface area contributed by atoms with E-state index in [1.54, 1.807) is 6.92 Å². The Bertz CT molecular complexity index is 509. The van der Waals surface area contributed by atoms with Gasteiger partial charge < -0.3 is 5.11 Å². The summed E-state index contributed by atoms with van der Waals surface area (Å²) in [7, 11) is -7.22. The first-order valence-electron chi connectivity index (χ1n) is 5.62. The number of nitrogens with one attached hydrogen (secondary N) is 1. The summed E-state index contributed by atoms with van der Waals surface area (Å²) in [5.41, 5.74) is 0. The molecular weight excluding hydrogens is 282 g/mol. The molecule has 1 unspecified atom stereocenters. The molecule has 0 radical (unpaired) electrons. The van der Waals surface area contributed by atoms with Crippen LogP contribution in [0, 0.1) is 0 Å². The van der Waals surface area contributed by atoms with Gasteiger partial charge >= 0.3 is 5.97 Å². The maximum atomic E-state index is 11.9. The van der Waals surface area contributed by atoms with E-state index in [0.29, 0.717) is 6.42 Å². The molecule has 0 aliphatic carbocycles. The Hall–Kier alpha value is -0.670. The lowest BCUT2D eigenvalue weighted by atomic mass is 10.2. The van der Waals surface area contributed by atoms with Crippen molar-refractivity contribution in [2.45, 2.75) is 37.5 Å². The van der Waals surface area contributed by atoms with Crippen molar-refractivity contribution in [3.8, 4) is 0 Å². The van der Waals surface area contributed by atoms with Gasteiger partial charge in [0.1, 0.15) is 6.04 Å². The van der Waals surface area contributed by atoms with E-state index in [-0.39, 0.29) is 18.6 Å². The van der Waals surface area contributed by atoms with E-state index < -0.39 is 42.9 Å². The normalized spacial score (nSPS) is 24.8. The lowest BCUT2D eigenvalue weighted by Gasteiger charge is -2.16. The highest BCUT2D eigenvalue weighted by molar-refractivity contribution is 7.95. The third-order valence-electron chi connectivity index (χ3n) is 2.81.